The molecule has 0 aliphatic rings. The van der Waals surface area contributed by atoms with Gasteiger partial charge < -0.3 is 4.90 Å². The number of hydrogen-bond acceptors (Lipinski definition) is 2. The van der Waals surface area contributed by atoms with Crippen LogP contribution in [0.1, 0.15) is 41.0 Å². The maximum absolute atomic E-state index is 11.9. The molecule has 0 unspecified atom stereocenters. The van der Waals surface area contributed by atoms with Gasteiger partial charge in [0.1, 0.15) is 5.41 Å². The van der Waals surface area contributed by atoms with Gasteiger partial charge in [-0.15, -0.1) is 0 Å². The largest absolute Gasteiger partial charge is 0.339 e. The van der Waals surface area contributed by atoms with Crippen LogP contribution in [0.4, 0.5) is 0 Å². The molecule has 3 nitrogen and oxygen atoms in total. The van der Waals surface area contributed by atoms with Crippen molar-refractivity contribution in [3.8, 4) is 6.07 Å². The lowest BCUT2D eigenvalue weighted by molar-refractivity contribution is -0.141. The molecule has 80 valence electrons. The first kappa shape index (κ1) is 13.0. The standard InChI is InChI=1S/C11H20N2O/c1-7-11(4,5)13(6)9(14)10(2,3)8-12/h7H2,1-6H3. The Labute approximate surface area is 86.7 Å². The third-order valence-corrected chi connectivity index (χ3v) is 2.89. The predicted octanol–water partition coefficient (Wildman–Crippen LogP) is 2.18. The molecule has 0 radical (unpaired) electrons. The Morgan fingerprint density at radius 3 is 2.07 bits per heavy atom. The van der Waals surface area contributed by atoms with Crippen molar-refractivity contribution in [2.75, 3.05) is 7.05 Å². The van der Waals surface area contributed by atoms with Gasteiger partial charge in [-0.1, -0.05) is 6.92 Å². The summed E-state index contributed by atoms with van der Waals surface area (Å²) in [6, 6.07) is 2.03. The van der Waals surface area contributed by atoms with Crippen molar-refractivity contribution >= 4 is 5.91 Å². The molecule has 0 fully saturated rings. The van der Waals surface area contributed by atoms with Crippen LogP contribution >= 0.6 is 0 Å². The molecule has 0 saturated heterocycles. The number of nitriles is 1. The Hall–Kier alpha value is -1.04. The summed E-state index contributed by atoms with van der Waals surface area (Å²) in [6.07, 6.45) is 0.872. The minimum Gasteiger partial charge on any atom is -0.339 e. The van der Waals surface area contributed by atoms with Gasteiger partial charge in [-0.25, -0.2) is 0 Å². The minimum atomic E-state index is -0.929. The summed E-state index contributed by atoms with van der Waals surface area (Å²) in [5, 5.41) is 8.85. The highest BCUT2D eigenvalue weighted by molar-refractivity contribution is 5.85. The Kier molecular flexibility index (Phi) is 3.70. The van der Waals surface area contributed by atoms with Crippen molar-refractivity contribution in [3.05, 3.63) is 0 Å². The smallest absolute Gasteiger partial charge is 0.242 e. The zero-order chi connectivity index (χ0) is 11.6. The van der Waals surface area contributed by atoms with Crippen molar-refractivity contribution in [1.29, 1.82) is 5.26 Å². The van der Waals surface area contributed by atoms with E-state index in [0.29, 0.717) is 0 Å². The first-order valence-electron chi connectivity index (χ1n) is 4.88. The Balaban J connectivity index is 4.83. The Bertz CT molecular complexity index is 261. The average Bonchev–Trinajstić information content (AvgIpc) is 2.15. The number of amides is 1. The summed E-state index contributed by atoms with van der Waals surface area (Å²) in [6.45, 7) is 9.33. The number of nitrogens with zero attached hydrogens (tertiary/aromatic N) is 2. The molecule has 1 amide bonds. The van der Waals surface area contributed by atoms with E-state index in [9.17, 15) is 4.79 Å². The summed E-state index contributed by atoms with van der Waals surface area (Å²) < 4.78 is 0. The van der Waals surface area contributed by atoms with Crippen LogP contribution in [-0.2, 0) is 4.79 Å². The van der Waals surface area contributed by atoms with Crippen LogP contribution in [0.5, 0.6) is 0 Å². The van der Waals surface area contributed by atoms with E-state index in [1.165, 1.54) is 0 Å². The molecule has 0 bridgehead atoms. The van der Waals surface area contributed by atoms with Gasteiger partial charge in [0.05, 0.1) is 6.07 Å². The maximum atomic E-state index is 11.9. The fourth-order valence-corrected chi connectivity index (χ4v) is 0.979. The topological polar surface area (TPSA) is 44.1 Å². The van der Waals surface area contributed by atoms with E-state index in [-0.39, 0.29) is 11.4 Å². The van der Waals surface area contributed by atoms with Crippen LogP contribution < -0.4 is 0 Å². The fraction of sp³-hybridized carbons (Fsp3) is 0.818. The van der Waals surface area contributed by atoms with Gasteiger partial charge in [-0.2, -0.15) is 5.26 Å². The van der Waals surface area contributed by atoms with Crippen LogP contribution in [0.15, 0.2) is 0 Å². The van der Waals surface area contributed by atoms with Crippen molar-refractivity contribution in [2.24, 2.45) is 5.41 Å². The molecule has 0 aromatic rings. The van der Waals surface area contributed by atoms with Crippen LogP contribution in [-0.4, -0.2) is 23.4 Å². The molecule has 0 spiro atoms. The molecule has 0 aromatic carbocycles. The number of rotatable bonds is 3. The zero-order valence-corrected chi connectivity index (χ0v) is 10.0. The Morgan fingerprint density at radius 1 is 1.36 bits per heavy atom. The SMILES string of the molecule is CCC(C)(C)N(C)C(=O)C(C)(C)C#N. The lowest BCUT2D eigenvalue weighted by Gasteiger charge is -2.37. The fourth-order valence-electron chi connectivity index (χ4n) is 0.979. The molecular formula is C11H20N2O. The van der Waals surface area contributed by atoms with Gasteiger partial charge >= 0.3 is 0 Å². The maximum Gasteiger partial charge on any atom is 0.242 e. The molecular weight excluding hydrogens is 176 g/mol. The summed E-state index contributed by atoms with van der Waals surface area (Å²) in [5.74, 6) is -0.119. The van der Waals surface area contributed by atoms with Crippen molar-refractivity contribution in [2.45, 2.75) is 46.6 Å². The summed E-state index contributed by atoms with van der Waals surface area (Å²) >= 11 is 0. The van der Waals surface area contributed by atoms with Gasteiger partial charge in [-0.3, -0.25) is 4.79 Å². The number of carbonyl (C=O) groups is 1. The summed E-state index contributed by atoms with van der Waals surface area (Å²) in [4.78, 5) is 13.6. The van der Waals surface area contributed by atoms with E-state index in [4.69, 9.17) is 5.26 Å². The lowest BCUT2D eigenvalue weighted by Crippen LogP contribution is -2.49. The number of hydrogen-bond donors (Lipinski definition) is 0. The van der Waals surface area contributed by atoms with Crippen LogP contribution in [0.2, 0.25) is 0 Å². The molecule has 0 N–H and O–H groups in total. The first-order valence-corrected chi connectivity index (χ1v) is 4.88. The van der Waals surface area contributed by atoms with Crippen LogP contribution in [0.3, 0.4) is 0 Å². The highest BCUT2D eigenvalue weighted by Crippen LogP contribution is 2.24. The van der Waals surface area contributed by atoms with Gasteiger partial charge in [0.2, 0.25) is 5.91 Å². The zero-order valence-electron chi connectivity index (χ0n) is 10.0. The molecule has 14 heavy (non-hydrogen) atoms. The Morgan fingerprint density at radius 2 is 1.79 bits per heavy atom. The molecule has 0 aromatic heterocycles. The minimum absolute atomic E-state index is 0.119. The molecule has 0 atom stereocenters. The molecule has 0 rings (SSSR count). The molecule has 0 aliphatic heterocycles. The quantitative estimate of drug-likeness (QED) is 0.694. The predicted molar refractivity (Wildman–Crippen MR) is 56.5 cm³/mol. The average molecular weight is 196 g/mol. The van der Waals surface area contributed by atoms with Gasteiger partial charge in [-0.05, 0) is 34.1 Å². The van der Waals surface area contributed by atoms with E-state index < -0.39 is 5.41 Å². The second-order valence-corrected chi connectivity index (χ2v) is 4.77. The highest BCUT2D eigenvalue weighted by Gasteiger charge is 2.35. The van der Waals surface area contributed by atoms with E-state index in [2.05, 4.69) is 0 Å². The van der Waals surface area contributed by atoms with Gasteiger partial charge in [0.25, 0.3) is 0 Å². The van der Waals surface area contributed by atoms with Gasteiger partial charge in [0.15, 0.2) is 0 Å². The monoisotopic (exact) mass is 196 g/mol. The normalized spacial score (nSPS) is 12.1. The first-order chi connectivity index (χ1) is 6.19. The molecule has 0 aliphatic carbocycles. The summed E-state index contributed by atoms with van der Waals surface area (Å²) in [7, 11) is 1.75. The number of carbonyl (C=O) groups excluding carboxylic acids is 1. The third-order valence-electron chi connectivity index (χ3n) is 2.89. The van der Waals surface area contributed by atoms with E-state index in [0.717, 1.165) is 6.42 Å². The van der Waals surface area contributed by atoms with E-state index in [1.807, 2.05) is 26.8 Å². The molecule has 0 heterocycles. The van der Waals surface area contributed by atoms with Crippen LogP contribution in [0, 0.1) is 16.7 Å². The lowest BCUT2D eigenvalue weighted by atomic mass is 9.90. The highest BCUT2D eigenvalue weighted by atomic mass is 16.2. The van der Waals surface area contributed by atoms with Crippen molar-refractivity contribution in [3.63, 3.8) is 0 Å². The molecule has 0 saturated carbocycles. The second-order valence-electron chi connectivity index (χ2n) is 4.77. The second kappa shape index (κ2) is 4.00. The van der Waals surface area contributed by atoms with Gasteiger partial charge in [0, 0.05) is 12.6 Å². The van der Waals surface area contributed by atoms with Crippen LogP contribution in [0.25, 0.3) is 0 Å². The third kappa shape index (κ3) is 2.47. The molecule has 3 heteroatoms. The van der Waals surface area contributed by atoms with E-state index in [1.54, 1.807) is 25.8 Å². The van der Waals surface area contributed by atoms with Crippen molar-refractivity contribution in [1.82, 2.24) is 4.90 Å². The summed E-state index contributed by atoms with van der Waals surface area (Å²) in [5.41, 5.74) is -1.12. The van der Waals surface area contributed by atoms with E-state index >= 15 is 0 Å². The van der Waals surface area contributed by atoms with Crippen molar-refractivity contribution < 1.29 is 4.79 Å².